The third-order valence-electron chi connectivity index (χ3n) is 4.75. The van der Waals surface area contributed by atoms with Crippen molar-refractivity contribution in [2.45, 2.75) is 58.1 Å². The summed E-state index contributed by atoms with van der Waals surface area (Å²) in [4.78, 5) is 0. The fraction of sp³-hybridized carbons (Fsp3) is 0.455. The van der Waals surface area contributed by atoms with Crippen LogP contribution in [0.1, 0.15) is 47.0 Å². The van der Waals surface area contributed by atoms with Crippen LogP contribution in [0.2, 0.25) is 5.04 Å². The van der Waals surface area contributed by atoms with E-state index in [1.165, 1.54) is 10.4 Å². The Kier molecular flexibility index (Phi) is 7.00. The van der Waals surface area contributed by atoms with E-state index in [-0.39, 0.29) is 11.1 Å². The topological polar surface area (TPSA) is 29.5 Å². The van der Waals surface area contributed by atoms with Gasteiger partial charge in [-0.3, -0.25) is 0 Å². The van der Waals surface area contributed by atoms with Crippen LogP contribution in [0.25, 0.3) is 0 Å². The molecule has 1 unspecified atom stereocenters. The number of unbranched alkanes of at least 4 members (excludes halogenated alkanes) is 1. The van der Waals surface area contributed by atoms with E-state index in [0.717, 1.165) is 25.9 Å². The zero-order valence-corrected chi connectivity index (χ0v) is 17.0. The second-order valence-corrected chi connectivity index (χ2v) is 12.2. The summed E-state index contributed by atoms with van der Waals surface area (Å²) in [5.41, 5.74) is 0. The van der Waals surface area contributed by atoms with Crippen molar-refractivity contribution in [1.29, 1.82) is 0 Å². The minimum absolute atomic E-state index is 0.0278. The van der Waals surface area contributed by atoms with Gasteiger partial charge in [-0.2, -0.15) is 0 Å². The quantitative estimate of drug-likeness (QED) is 0.570. The van der Waals surface area contributed by atoms with Crippen molar-refractivity contribution in [2.24, 2.45) is 0 Å². The minimum atomic E-state index is -2.39. The maximum Gasteiger partial charge on any atom is 0.261 e. The van der Waals surface area contributed by atoms with Crippen LogP contribution in [0.3, 0.4) is 0 Å². The Labute approximate surface area is 154 Å². The molecule has 2 aromatic carbocycles. The van der Waals surface area contributed by atoms with Crippen molar-refractivity contribution in [2.75, 3.05) is 6.61 Å². The molecule has 25 heavy (non-hydrogen) atoms. The van der Waals surface area contributed by atoms with E-state index in [0.29, 0.717) is 0 Å². The fourth-order valence-electron chi connectivity index (χ4n) is 3.53. The highest BCUT2D eigenvalue weighted by atomic mass is 28.4. The molecule has 136 valence electrons. The summed E-state index contributed by atoms with van der Waals surface area (Å²) in [7, 11) is -2.39. The lowest BCUT2D eigenvalue weighted by molar-refractivity contribution is 0.176. The van der Waals surface area contributed by atoms with Crippen LogP contribution in [0.4, 0.5) is 0 Å². The molecule has 0 spiro atoms. The first-order valence-electron chi connectivity index (χ1n) is 9.31. The number of aliphatic hydroxyl groups excluding tert-OH is 1. The molecule has 0 aliphatic heterocycles. The van der Waals surface area contributed by atoms with E-state index in [9.17, 15) is 5.11 Å². The van der Waals surface area contributed by atoms with Gasteiger partial charge in [0.1, 0.15) is 0 Å². The number of hydrogen-bond donors (Lipinski definition) is 1. The van der Waals surface area contributed by atoms with Gasteiger partial charge in [-0.25, -0.2) is 0 Å². The zero-order valence-electron chi connectivity index (χ0n) is 16.0. The number of aliphatic hydroxyl groups is 1. The minimum Gasteiger partial charge on any atom is -0.407 e. The smallest absolute Gasteiger partial charge is 0.261 e. The van der Waals surface area contributed by atoms with Gasteiger partial charge in [0, 0.05) is 6.61 Å². The first kappa shape index (κ1) is 19.9. The van der Waals surface area contributed by atoms with Crippen molar-refractivity contribution < 1.29 is 9.53 Å². The lowest BCUT2D eigenvalue weighted by atomic mass is 10.2. The van der Waals surface area contributed by atoms with Crippen molar-refractivity contribution in [1.82, 2.24) is 0 Å². The molecule has 0 saturated heterocycles. The SMILES string of the molecule is CC(O)CCCCO[Si](c1ccccc1)(c1ccccc1)C(C)(C)C. The monoisotopic (exact) mass is 356 g/mol. The van der Waals surface area contributed by atoms with Gasteiger partial charge in [0.2, 0.25) is 0 Å². The van der Waals surface area contributed by atoms with E-state index in [1.54, 1.807) is 0 Å². The molecule has 1 N–H and O–H groups in total. The van der Waals surface area contributed by atoms with Crippen LogP contribution in [-0.2, 0) is 4.43 Å². The summed E-state index contributed by atoms with van der Waals surface area (Å²) in [5, 5.41) is 12.1. The summed E-state index contributed by atoms with van der Waals surface area (Å²) in [5.74, 6) is 0. The van der Waals surface area contributed by atoms with Crippen LogP contribution in [-0.4, -0.2) is 26.1 Å². The van der Waals surface area contributed by atoms with Gasteiger partial charge in [-0.05, 0) is 41.6 Å². The molecule has 0 fully saturated rings. The molecule has 0 aliphatic carbocycles. The third-order valence-corrected chi connectivity index (χ3v) is 9.79. The molecule has 2 aromatic rings. The molecule has 0 aromatic heterocycles. The Morgan fingerprint density at radius 1 is 0.880 bits per heavy atom. The maximum absolute atomic E-state index is 9.46. The summed E-state index contributed by atoms with van der Waals surface area (Å²) < 4.78 is 6.81. The molecule has 0 aliphatic rings. The maximum atomic E-state index is 9.46. The molecule has 0 bridgehead atoms. The molecule has 2 rings (SSSR count). The van der Waals surface area contributed by atoms with Gasteiger partial charge in [-0.1, -0.05) is 81.4 Å². The molecule has 2 nitrogen and oxygen atoms in total. The molecule has 0 saturated carbocycles. The van der Waals surface area contributed by atoms with E-state index in [1.807, 2.05) is 6.92 Å². The van der Waals surface area contributed by atoms with Gasteiger partial charge in [-0.15, -0.1) is 0 Å². The number of benzene rings is 2. The first-order valence-corrected chi connectivity index (χ1v) is 11.2. The highest BCUT2D eigenvalue weighted by Crippen LogP contribution is 2.36. The first-order chi connectivity index (χ1) is 11.9. The van der Waals surface area contributed by atoms with Crippen molar-refractivity contribution in [3.63, 3.8) is 0 Å². The van der Waals surface area contributed by atoms with Crippen LogP contribution in [0.15, 0.2) is 60.7 Å². The van der Waals surface area contributed by atoms with Crippen molar-refractivity contribution in [3.8, 4) is 0 Å². The van der Waals surface area contributed by atoms with Crippen LogP contribution >= 0.6 is 0 Å². The predicted octanol–water partition coefficient (Wildman–Crippen LogP) is 4.11. The van der Waals surface area contributed by atoms with Gasteiger partial charge >= 0.3 is 0 Å². The van der Waals surface area contributed by atoms with Crippen molar-refractivity contribution >= 4 is 18.7 Å². The Hall–Kier alpha value is -1.42. The fourth-order valence-corrected chi connectivity index (χ4v) is 8.13. The van der Waals surface area contributed by atoms with E-state index >= 15 is 0 Å². The second-order valence-electron chi connectivity index (χ2n) is 7.86. The van der Waals surface area contributed by atoms with Crippen LogP contribution in [0, 0.1) is 0 Å². The molecule has 0 heterocycles. The highest BCUT2D eigenvalue weighted by Gasteiger charge is 2.49. The number of rotatable bonds is 8. The predicted molar refractivity (Wildman–Crippen MR) is 109 cm³/mol. The van der Waals surface area contributed by atoms with Gasteiger partial charge in [0.05, 0.1) is 6.10 Å². The third kappa shape index (κ3) is 4.81. The van der Waals surface area contributed by atoms with Gasteiger partial charge in [0.25, 0.3) is 8.32 Å². The largest absolute Gasteiger partial charge is 0.407 e. The highest BCUT2D eigenvalue weighted by molar-refractivity contribution is 6.99. The average molecular weight is 357 g/mol. The molecule has 1 atom stereocenters. The normalized spacial score (nSPS) is 13.6. The lowest BCUT2D eigenvalue weighted by Gasteiger charge is -2.43. The van der Waals surface area contributed by atoms with Crippen LogP contribution < -0.4 is 10.4 Å². The summed E-state index contributed by atoms with van der Waals surface area (Å²) in [6, 6.07) is 21.5. The average Bonchev–Trinajstić information content (AvgIpc) is 2.58. The van der Waals surface area contributed by atoms with Crippen molar-refractivity contribution in [3.05, 3.63) is 60.7 Å². The lowest BCUT2D eigenvalue weighted by Crippen LogP contribution is -2.66. The van der Waals surface area contributed by atoms with E-state index < -0.39 is 8.32 Å². The summed E-state index contributed by atoms with van der Waals surface area (Å²) in [6.45, 7) is 9.49. The Bertz CT molecular complexity index is 578. The zero-order chi connectivity index (χ0) is 18.3. The molecular formula is C22H32O2Si. The van der Waals surface area contributed by atoms with E-state index in [4.69, 9.17) is 4.43 Å². The molecule has 0 radical (unpaired) electrons. The molecular weight excluding hydrogens is 324 g/mol. The molecule has 0 amide bonds. The summed E-state index contributed by atoms with van der Waals surface area (Å²) in [6.07, 6.45) is 2.59. The standard InChI is InChI=1S/C22H32O2Si/c1-19(23)13-11-12-18-24-25(22(2,3)4,20-14-7-5-8-15-20)21-16-9-6-10-17-21/h5-10,14-17,19,23H,11-13,18H2,1-4H3. The number of hydrogen-bond acceptors (Lipinski definition) is 2. The second kappa shape index (κ2) is 8.79. The Morgan fingerprint density at radius 3 is 1.76 bits per heavy atom. The van der Waals surface area contributed by atoms with Gasteiger partial charge in [0.15, 0.2) is 0 Å². The van der Waals surface area contributed by atoms with E-state index in [2.05, 4.69) is 81.4 Å². The summed E-state index contributed by atoms with van der Waals surface area (Å²) >= 11 is 0. The van der Waals surface area contributed by atoms with Gasteiger partial charge < -0.3 is 9.53 Å². The van der Waals surface area contributed by atoms with Crippen LogP contribution in [0.5, 0.6) is 0 Å². The Balaban J connectivity index is 2.36. The molecule has 3 heteroatoms. The Morgan fingerprint density at radius 2 is 1.36 bits per heavy atom.